The fourth-order valence-electron chi connectivity index (χ4n) is 3.23. The van der Waals surface area contributed by atoms with Crippen molar-refractivity contribution >= 4 is 29.9 Å². The van der Waals surface area contributed by atoms with E-state index in [4.69, 9.17) is 19.2 Å². The molecule has 1 saturated heterocycles. The lowest BCUT2D eigenvalue weighted by Gasteiger charge is -2.21. The van der Waals surface area contributed by atoms with Crippen LogP contribution in [0.3, 0.4) is 0 Å². The quantitative estimate of drug-likeness (QED) is 0.193. The highest BCUT2D eigenvalue weighted by Crippen LogP contribution is 2.18. The van der Waals surface area contributed by atoms with Crippen molar-refractivity contribution in [1.29, 1.82) is 0 Å². The molecular formula is C22H39IN4O3. The Kier molecular flexibility index (Phi) is 14.1. The predicted octanol–water partition coefficient (Wildman–Crippen LogP) is 2.70. The van der Waals surface area contributed by atoms with Gasteiger partial charge < -0.3 is 29.3 Å². The number of benzene rings is 1. The van der Waals surface area contributed by atoms with Gasteiger partial charge in [-0.3, -0.25) is 0 Å². The maximum Gasteiger partial charge on any atom is 0.194 e. The van der Waals surface area contributed by atoms with Crippen molar-refractivity contribution in [1.82, 2.24) is 15.1 Å². The van der Waals surface area contributed by atoms with Crippen molar-refractivity contribution in [2.75, 3.05) is 73.8 Å². The van der Waals surface area contributed by atoms with E-state index in [1.54, 1.807) is 7.11 Å². The van der Waals surface area contributed by atoms with Gasteiger partial charge >= 0.3 is 0 Å². The van der Waals surface area contributed by atoms with Gasteiger partial charge in [-0.1, -0.05) is 12.1 Å². The summed E-state index contributed by atoms with van der Waals surface area (Å²) in [6.07, 6.45) is 1.13. The normalized spacial score (nSPS) is 16.6. The summed E-state index contributed by atoms with van der Waals surface area (Å²) in [4.78, 5) is 9.32. The van der Waals surface area contributed by atoms with Crippen LogP contribution in [-0.4, -0.2) is 89.6 Å². The van der Waals surface area contributed by atoms with Gasteiger partial charge in [-0.25, -0.2) is 4.99 Å². The lowest BCUT2D eigenvalue weighted by atomic mass is 10.1. The SMILES string of the molecule is CCNC(=NCc1cccc(OCCN(C)C)c1)N1CCC(COCCOC)C1.I. The number of nitrogens with one attached hydrogen (secondary N) is 1. The lowest BCUT2D eigenvalue weighted by molar-refractivity contribution is 0.0536. The molecule has 0 radical (unpaired) electrons. The number of likely N-dealkylation sites (N-methyl/N-ethyl adjacent to an activating group) is 1. The third-order valence-corrected chi connectivity index (χ3v) is 4.82. The first-order chi connectivity index (χ1) is 14.1. The van der Waals surface area contributed by atoms with Gasteiger partial charge in [0, 0.05) is 39.2 Å². The van der Waals surface area contributed by atoms with Crippen LogP contribution in [0.25, 0.3) is 0 Å². The van der Waals surface area contributed by atoms with Gasteiger partial charge in [-0.2, -0.15) is 0 Å². The number of rotatable bonds is 12. The summed E-state index contributed by atoms with van der Waals surface area (Å²) >= 11 is 0. The minimum atomic E-state index is 0. The molecule has 0 aromatic heterocycles. The van der Waals surface area contributed by atoms with E-state index in [0.717, 1.165) is 56.5 Å². The molecule has 1 aromatic rings. The van der Waals surface area contributed by atoms with Crippen LogP contribution < -0.4 is 10.1 Å². The Balaban J connectivity index is 0.00000450. The molecule has 1 fully saturated rings. The standard InChI is InChI=1S/C22H38N4O3.HI/c1-5-23-22(26-10-9-20(17-26)18-28-14-13-27-4)24-16-19-7-6-8-21(15-19)29-12-11-25(2)3;/h6-8,15,20H,5,9-14,16-18H2,1-4H3,(H,23,24);1H. The molecule has 1 N–H and O–H groups in total. The Bertz CT molecular complexity index is 616. The number of nitrogens with zero attached hydrogens (tertiary/aromatic N) is 3. The highest BCUT2D eigenvalue weighted by Gasteiger charge is 2.24. The van der Waals surface area contributed by atoms with Crippen molar-refractivity contribution in [2.24, 2.45) is 10.9 Å². The van der Waals surface area contributed by atoms with Gasteiger partial charge in [0.15, 0.2) is 5.96 Å². The number of halogens is 1. The number of guanidine groups is 1. The average molecular weight is 534 g/mol. The Hall–Kier alpha value is -1.10. The number of methoxy groups -OCH3 is 1. The van der Waals surface area contributed by atoms with Crippen LogP contribution >= 0.6 is 24.0 Å². The van der Waals surface area contributed by atoms with Gasteiger partial charge in [0.2, 0.25) is 0 Å². The molecule has 0 bridgehead atoms. The van der Waals surface area contributed by atoms with E-state index < -0.39 is 0 Å². The second kappa shape index (κ2) is 15.7. The smallest absolute Gasteiger partial charge is 0.194 e. The minimum Gasteiger partial charge on any atom is -0.492 e. The summed E-state index contributed by atoms with van der Waals surface area (Å²) < 4.78 is 16.6. The summed E-state index contributed by atoms with van der Waals surface area (Å²) in [5.74, 6) is 2.42. The van der Waals surface area contributed by atoms with Gasteiger partial charge in [0.05, 0.1) is 26.4 Å². The zero-order chi connectivity index (χ0) is 20.9. The van der Waals surface area contributed by atoms with Crippen LogP contribution in [0.2, 0.25) is 0 Å². The summed E-state index contributed by atoms with van der Waals surface area (Å²) in [6.45, 7) is 9.28. The molecule has 0 aliphatic carbocycles. The van der Waals surface area contributed by atoms with Crippen LogP contribution in [0, 0.1) is 5.92 Å². The zero-order valence-electron chi connectivity index (χ0n) is 18.9. The fraction of sp³-hybridized carbons (Fsp3) is 0.682. The van der Waals surface area contributed by atoms with Crippen molar-refractivity contribution in [2.45, 2.75) is 19.9 Å². The molecular weight excluding hydrogens is 495 g/mol. The second-order valence-electron chi connectivity index (χ2n) is 7.64. The zero-order valence-corrected chi connectivity index (χ0v) is 21.3. The van der Waals surface area contributed by atoms with Crippen molar-refractivity contribution in [3.63, 3.8) is 0 Å². The molecule has 1 aliphatic heterocycles. The highest BCUT2D eigenvalue weighted by molar-refractivity contribution is 14.0. The van der Waals surface area contributed by atoms with E-state index in [-0.39, 0.29) is 24.0 Å². The molecule has 1 unspecified atom stereocenters. The molecule has 8 heteroatoms. The maximum atomic E-state index is 5.84. The monoisotopic (exact) mass is 534 g/mol. The Labute approximate surface area is 199 Å². The van der Waals surface area contributed by atoms with E-state index in [2.05, 4.69) is 34.2 Å². The summed E-state index contributed by atoms with van der Waals surface area (Å²) in [6, 6.07) is 8.22. The van der Waals surface area contributed by atoms with Gasteiger partial charge in [-0.15, -0.1) is 24.0 Å². The number of ether oxygens (including phenoxy) is 3. The molecule has 30 heavy (non-hydrogen) atoms. The predicted molar refractivity (Wildman–Crippen MR) is 133 cm³/mol. The summed E-state index contributed by atoms with van der Waals surface area (Å²) in [5.41, 5.74) is 1.15. The molecule has 172 valence electrons. The van der Waals surface area contributed by atoms with E-state index in [0.29, 0.717) is 32.3 Å². The van der Waals surface area contributed by atoms with Crippen LogP contribution in [0.5, 0.6) is 5.75 Å². The first-order valence-corrected chi connectivity index (χ1v) is 10.6. The maximum absolute atomic E-state index is 5.84. The number of likely N-dealkylation sites (tertiary alicyclic amines) is 1. The van der Waals surface area contributed by atoms with E-state index in [1.165, 1.54) is 0 Å². The van der Waals surface area contributed by atoms with Crippen molar-refractivity contribution in [3.05, 3.63) is 29.8 Å². The number of hydrogen-bond donors (Lipinski definition) is 1. The number of aliphatic imine (C=N–C) groups is 1. The van der Waals surface area contributed by atoms with Gasteiger partial charge in [-0.05, 0) is 45.1 Å². The Morgan fingerprint density at radius 2 is 2.10 bits per heavy atom. The molecule has 0 amide bonds. The van der Waals surface area contributed by atoms with E-state index >= 15 is 0 Å². The van der Waals surface area contributed by atoms with Crippen LogP contribution in [0.15, 0.2) is 29.3 Å². The molecule has 7 nitrogen and oxygen atoms in total. The molecule has 1 atom stereocenters. The molecule has 1 aromatic carbocycles. The second-order valence-corrected chi connectivity index (χ2v) is 7.64. The lowest BCUT2D eigenvalue weighted by Crippen LogP contribution is -2.40. The number of hydrogen-bond acceptors (Lipinski definition) is 5. The summed E-state index contributed by atoms with van der Waals surface area (Å²) in [5, 5.41) is 3.43. The minimum absolute atomic E-state index is 0. The van der Waals surface area contributed by atoms with Gasteiger partial charge in [0.25, 0.3) is 0 Å². The van der Waals surface area contributed by atoms with E-state index in [1.807, 2.05) is 26.2 Å². The first-order valence-electron chi connectivity index (χ1n) is 10.6. The van der Waals surface area contributed by atoms with Crippen LogP contribution in [0.4, 0.5) is 0 Å². The molecule has 2 rings (SSSR count). The molecule has 1 heterocycles. The molecule has 1 aliphatic rings. The van der Waals surface area contributed by atoms with E-state index in [9.17, 15) is 0 Å². The van der Waals surface area contributed by atoms with Crippen LogP contribution in [0.1, 0.15) is 18.9 Å². The highest BCUT2D eigenvalue weighted by atomic mass is 127. The third kappa shape index (κ3) is 10.3. The topological polar surface area (TPSA) is 58.6 Å². The largest absolute Gasteiger partial charge is 0.492 e. The summed E-state index contributed by atoms with van der Waals surface area (Å²) in [7, 11) is 5.79. The fourth-order valence-corrected chi connectivity index (χ4v) is 3.23. The Morgan fingerprint density at radius 3 is 2.83 bits per heavy atom. The molecule has 0 saturated carbocycles. The van der Waals surface area contributed by atoms with Crippen LogP contribution in [-0.2, 0) is 16.0 Å². The van der Waals surface area contributed by atoms with Crippen molar-refractivity contribution < 1.29 is 14.2 Å². The van der Waals surface area contributed by atoms with Gasteiger partial charge in [0.1, 0.15) is 12.4 Å². The third-order valence-electron chi connectivity index (χ3n) is 4.82. The first kappa shape index (κ1) is 26.9. The molecule has 0 spiro atoms. The average Bonchev–Trinajstić information content (AvgIpc) is 3.17. The Morgan fingerprint density at radius 1 is 1.27 bits per heavy atom. The van der Waals surface area contributed by atoms with Crippen molar-refractivity contribution in [3.8, 4) is 5.75 Å².